The SMILES string of the molecule is CCCc1cc(-c2ccccc2)nc[c]1[Ge]([CH3])([CH3])[CH3]. The van der Waals surface area contributed by atoms with Crippen molar-refractivity contribution in [3.8, 4) is 11.3 Å². The van der Waals surface area contributed by atoms with Crippen molar-refractivity contribution < 1.29 is 0 Å². The fourth-order valence-electron chi connectivity index (χ4n) is 2.42. The Morgan fingerprint density at radius 1 is 1.05 bits per heavy atom. The summed E-state index contributed by atoms with van der Waals surface area (Å²) in [7, 11) is 0. The van der Waals surface area contributed by atoms with Crippen molar-refractivity contribution in [1.29, 1.82) is 0 Å². The molecule has 0 unspecified atom stereocenters. The zero-order chi connectivity index (χ0) is 13.9. The summed E-state index contributed by atoms with van der Waals surface area (Å²) in [4.78, 5) is 4.71. The topological polar surface area (TPSA) is 12.9 Å². The predicted octanol–water partition coefficient (Wildman–Crippen LogP) is 4.25. The van der Waals surface area contributed by atoms with Gasteiger partial charge in [0.15, 0.2) is 0 Å². The summed E-state index contributed by atoms with van der Waals surface area (Å²) in [6.45, 7) is 2.25. The molecule has 100 valence electrons. The quantitative estimate of drug-likeness (QED) is 0.769. The molecule has 0 saturated carbocycles. The molecule has 0 atom stereocenters. The minimum atomic E-state index is -1.81. The van der Waals surface area contributed by atoms with Gasteiger partial charge in [-0.05, 0) is 0 Å². The van der Waals surface area contributed by atoms with Crippen LogP contribution in [0.15, 0.2) is 42.6 Å². The molecule has 2 heteroatoms. The van der Waals surface area contributed by atoms with Crippen molar-refractivity contribution in [2.24, 2.45) is 0 Å². The van der Waals surface area contributed by atoms with Crippen LogP contribution >= 0.6 is 0 Å². The molecule has 0 aliphatic carbocycles. The van der Waals surface area contributed by atoms with E-state index in [-0.39, 0.29) is 0 Å². The maximum absolute atomic E-state index is 4.71. The van der Waals surface area contributed by atoms with E-state index in [1.807, 2.05) is 0 Å². The molecule has 0 radical (unpaired) electrons. The first-order valence-electron chi connectivity index (χ1n) is 7.07. The number of pyridine rings is 1. The minimum absolute atomic E-state index is 1.11. The van der Waals surface area contributed by atoms with Gasteiger partial charge < -0.3 is 0 Å². The number of aryl methyl sites for hydroxylation is 1. The van der Waals surface area contributed by atoms with Gasteiger partial charge in [0.1, 0.15) is 0 Å². The van der Waals surface area contributed by atoms with Gasteiger partial charge in [0.2, 0.25) is 0 Å². The first-order chi connectivity index (χ1) is 9.02. The Kier molecular flexibility index (Phi) is 4.46. The Balaban J connectivity index is 2.48. The molecule has 1 heterocycles. The van der Waals surface area contributed by atoms with Crippen LogP contribution in [0.4, 0.5) is 0 Å². The summed E-state index contributed by atoms with van der Waals surface area (Å²) in [5.41, 5.74) is 3.84. The molecule has 0 bridgehead atoms. The number of aromatic nitrogens is 1. The summed E-state index contributed by atoms with van der Waals surface area (Å²) in [6.07, 6.45) is 4.51. The molecule has 0 fully saturated rings. The Bertz CT molecular complexity index is 541. The average molecular weight is 314 g/mol. The van der Waals surface area contributed by atoms with Crippen LogP contribution in [-0.2, 0) is 6.42 Å². The Labute approximate surface area is 119 Å². The van der Waals surface area contributed by atoms with E-state index in [1.165, 1.54) is 24.0 Å². The van der Waals surface area contributed by atoms with E-state index in [1.54, 1.807) is 4.40 Å². The van der Waals surface area contributed by atoms with Gasteiger partial charge in [-0.2, -0.15) is 0 Å². The molecule has 1 aromatic carbocycles. The van der Waals surface area contributed by atoms with Crippen molar-refractivity contribution in [2.45, 2.75) is 37.0 Å². The van der Waals surface area contributed by atoms with Crippen molar-refractivity contribution >= 4 is 17.7 Å². The summed E-state index contributed by atoms with van der Waals surface area (Å²) in [5.74, 6) is 7.33. The van der Waals surface area contributed by atoms with Gasteiger partial charge in [0, 0.05) is 0 Å². The zero-order valence-electron chi connectivity index (χ0n) is 12.4. The maximum atomic E-state index is 4.71. The summed E-state index contributed by atoms with van der Waals surface area (Å²) in [5, 5.41) is 0. The van der Waals surface area contributed by atoms with Gasteiger partial charge in [-0.15, -0.1) is 0 Å². The monoisotopic (exact) mass is 315 g/mol. The predicted molar refractivity (Wildman–Crippen MR) is 86.6 cm³/mol. The van der Waals surface area contributed by atoms with Crippen molar-refractivity contribution in [2.75, 3.05) is 0 Å². The van der Waals surface area contributed by atoms with Crippen LogP contribution in [-0.4, -0.2) is 18.3 Å². The molecule has 0 N–H and O–H groups in total. The van der Waals surface area contributed by atoms with E-state index < -0.39 is 13.3 Å². The van der Waals surface area contributed by atoms with E-state index in [0.717, 1.165) is 5.69 Å². The summed E-state index contributed by atoms with van der Waals surface area (Å²) < 4.78 is 1.56. The fourth-order valence-corrected chi connectivity index (χ4v) is 5.80. The third-order valence-electron chi connectivity index (χ3n) is 3.39. The molecule has 2 rings (SSSR count). The van der Waals surface area contributed by atoms with Crippen LogP contribution in [0.2, 0.25) is 17.3 Å². The van der Waals surface area contributed by atoms with E-state index in [9.17, 15) is 0 Å². The van der Waals surface area contributed by atoms with Crippen molar-refractivity contribution in [1.82, 2.24) is 4.98 Å². The van der Waals surface area contributed by atoms with E-state index >= 15 is 0 Å². The molecule has 0 aliphatic rings. The van der Waals surface area contributed by atoms with Gasteiger partial charge in [-0.1, -0.05) is 0 Å². The molecular formula is C17H23GeN. The average Bonchev–Trinajstić information content (AvgIpc) is 2.39. The second-order valence-corrected chi connectivity index (χ2v) is 16.7. The van der Waals surface area contributed by atoms with Gasteiger partial charge in [0.25, 0.3) is 0 Å². The molecule has 1 aromatic heterocycles. The molecule has 0 saturated heterocycles. The molecule has 0 aliphatic heterocycles. The number of benzene rings is 1. The summed E-state index contributed by atoms with van der Waals surface area (Å²) >= 11 is -1.81. The van der Waals surface area contributed by atoms with Crippen LogP contribution in [0.3, 0.4) is 0 Å². The van der Waals surface area contributed by atoms with Gasteiger partial charge in [-0.3, -0.25) is 0 Å². The number of rotatable bonds is 4. The normalized spacial score (nSPS) is 11.6. The third-order valence-corrected chi connectivity index (χ3v) is 7.72. The summed E-state index contributed by atoms with van der Waals surface area (Å²) in [6, 6.07) is 12.8. The molecule has 0 spiro atoms. The number of hydrogen-bond acceptors (Lipinski definition) is 1. The first kappa shape index (κ1) is 14.3. The first-order valence-corrected chi connectivity index (χ1v) is 14.4. The zero-order valence-corrected chi connectivity index (χ0v) is 14.5. The van der Waals surface area contributed by atoms with Crippen LogP contribution in [0.25, 0.3) is 11.3 Å². The van der Waals surface area contributed by atoms with Gasteiger partial charge in [0.05, 0.1) is 0 Å². The molecule has 19 heavy (non-hydrogen) atoms. The number of hydrogen-bond donors (Lipinski definition) is 0. The fraction of sp³-hybridized carbons (Fsp3) is 0.353. The number of nitrogens with zero attached hydrogens (tertiary/aromatic N) is 1. The van der Waals surface area contributed by atoms with Crippen LogP contribution < -0.4 is 4.40 Å². The van der Waals surface area contributed by atoms with Crippen LogP contribution in [0.1, 0.15) is 18.9 Å². The molecular weight excluding hydrogens is 291 g/mol. The van der Waals surface area contributed by atoms with Gasteiger partial charge >= 0.3 is 119 Å². The molecule has 1 nitrogen and oxygen atoms in total. The Morgan fingerprint density at radius 3 is 2.32 bits per heavy atom. The second kappa shape index (κ2) is 5.91. The van der Waals surface area contributed by atoms with E-state index in [0.29, 0.717) is 0 Å². The molecule has 0 amide bonds. The van der Waals surface area contributed by atoms with Crippen LogP contribution in [0, 0.1) is 0 Å². The molecule has 2 aromatic rings. The van der Waals surface area contributed by atoms with E-state index in [4.69, 9.17) is 4.98 Å². The van der Waals surface area contributed by atoms with E-state index in [2.05, 4.69) is 66.8 Å². The third kappa shape index (κ3) is 3.47. The van der Waals surface area contributed by atoms with Crippen LogP contribution in [0.5, 0.6) is 0 Å². The van der Waals surface area contributed by atoms with Crippen molar-refractivity contribution in [3.63, 3.8) is 0 Å². The standard InChI is InChI=1S/C17H23GeN/c1-5-9-15-12-17(14-10-7-6-8-11-14)19-13-16(15)18(2,3)4/h6-8,10-13H,5,9H2,1-4H3. The van der Waals surface area contributed by atoms with Gasteiger partial charge in [-0.25, -0.2) is 0 Å². The Morgan fingerprint density at radius 2 is 1.74 bits per heavy atom. The van der Waals surface area contributed by atoms with Crippen molar-refractivity contribution in [3.05, 3.63) is 48.2 Å². The Hall–Kier alpha value is -1.09. The second-order valence-electron chi connectivity index (χ2n) is 6.09.